The zero-order valence-corrected chi connectivity index (χ0v) is 6.56. The molecule has 2 rings (SSSR count). The molecular weight excluding hydrogens is 122 g/mol. The molecule has 1 heterocycles. The molecule has 56 valence electrons. The van der Waals surface area contributed by atoms with E-state index in [9.17, 15) is 0 Å². The van der Waals surface area contributed by atoms with Crippen LogP contribution in [-0.2, 0) is 0 Å². The Morgan fingerprint density at radius 2 is 2.40 bits per heavy atom. The highest BCUT2D eigenvalue weighted by Crippen LogP contribution is 2.37. The van der Waals surface area contributed by atoms with Gasteiger partial charge in [-0.25, -0.2) is 0 Å². The quantitative estimate of drug-likeness (QED) is 0.539. The third kappa shape index (κ3) is 0.764. The van der Waals surface area contributed by atoms with Crippen molar-refractivity contribution in [2.24, 2.45) is 5.92 Å². The van der Waals surface area contributed by atoms with E-state index in [0.717, 1.165) is 5.92 Å². The van der Waals surface area contributed by atoms with E-state index in [1.54, 1.807) is 0 Å². The van der Waals surface area contributed by atoms with Crippen molar-refractivity contribution < 1.29 is 0 Å². The summed E-state index contributed by atoms with van der Waals surface area (Å²) in [6.45, 7) is 2.34. The maximum atomic E-state index is 3.45. The van der Waals surface area contributed by atoms with Gasteiger partial charge in [-0.2, -0.15) is 0 Å². The zero-order chi connectivity index (χ0) is 7.03. The maximum Gasteiger partial charge on any atom is 0.0403 e. The van der Waals surface area contributed by atoms with E-state index in [2.05, 4.69) is 24.5 Å². The van der Waals surface area contributed by atoms with Gasteiger partial charge in [-0.15, -0.1) is 0 Å². The van der Waals surface area contributed by atoms with Gasteiger partial charge in [0.2, 0.25) is 0 Å². The average molecular weight is 137 g/mol. The fourth-order valence-electron chi connectivity index (χ4n) is 2.20. The largest absolute Gasteiger partial charge is 0.385 e. The number of nitrogens with one attached hydrogen (secondary N) is 1. The first-order valence-corrected chi connectivity index (χ1v) is 4.26. The summed E-state index contributed by atoms with van der Waals surface area (Å²) in [5.74, 6) is 0.821. The van der Waals surface area contributed by atoms with Gasteiger partial charge in [-0.05, 0) is 26.0 Å². The first kappa shape index (κ1) is 6.26. The second-order valence-corrected chi connectivity index (χ2v) is 3.77. The van der Waals surface area contributed by atoms with Crippen LogP contribution in [0.2, 0.25) is 0 Å². The second-order valence-electron chi connectivity index (χ2n) is 3.77. The van der Waals surface area contributed by atoms with Crippen molar-refractivity contribution in [1.82, 2.24) is 5.32 Å². The first-order valence-electron chi connectivity index (χ1n) is 4.26. The standard InChI is InChI=1S/C9H15N/c1-9-6-3-2-4-8(9)5-7-10-9/h5,7-8,10H,2-4,6H2,1H3. The molecule has 1 fully saturated rings. The summed E-state index contributed by atoms with van der Waals surface area (Å²) in [6, 6.07) is 0. The van der Waals surface area contributed by atoms with Crippen molar-refractivity contribution in [2.75, 3.05) is 0 Å². The lowest BCUT2D eigenvalue weighted by Gasteiger charge is -2.36. The molecule has 2 atom stereocenters. The van der Waals surface area contributed by atoms with Gasteiger partial charge < -0.3 is 5.32 Å². The molecule has 1 heteroatoms. The third-order valence-electron chi connectivity index (χ3n) is 3.02. The predicted octanol–water partition coefficient (Wildman–Crippen LogP) is 2.05. The Morgan fingerprint density at radius 3 is 3.20 bits per heavy atom. The minimum Gasteiger partial charge on any atom is -0.385 e. The molecule has 2 unspecified atom stereocenters. The van der Waals surface area contributed by atoms with E-state index >= 15 is 0 Å². The van der Waals surface area contributed by atoms with Crippen LogP contribution in [-0.4, -0.2) is 5.54 Å². The highest BCUT2D eigenvalue weighted by atomic mass is 15.0. The minimum absolute atomic E-state index is 0.429. The van der Waals surface area contributed by atoms with Gasteiger partial charge in [-0.1, -0.05) is 18.9 Å². The minimum atomic E-state index is 0.429. The van der Waals surface area contributed by atoms with Gasteiger partial charge in [0.1, 0.15) is 0 Å². The van der Waals surface area contributed by atoms with Crippen molar-refractivity contribution in [1.29, 1.82) is 0 Å². The van der Waals surface area contributed by atoms with Gasteiger partial charge in [0.05, 0.1) is 0 Å². The topological polar surface area (TPSA) is 12.0 Å². The molecule has 1 nitrogen and oxygen atoms in total. The summed E-state index contributed by atoms with van der Waals surface area (Å²) in [5, 5.41) is 3.45. The average Bonchev–Trinajstić information content (AvgIpc) is 2.29. The van der Waals surface area contributed by atoms with Gasteiger partial charge in [0.25, 0.3) is 0 Å². The van der Waals surface area contributed by atoms with Crippen LogP contribution in [0.3, 0.4) is 0 Å². The highest BCUT2D eigenvalue weighted by Gasteiger charge is 2.36. The van der Waals surface area contributed by atoms with Gasteiger partial charge in [0, 0.05) is 11.5 Å². The summed E-state index contributed by atoms with van der Waals surface area (Å²) < 4.78 is 0. The number of rotatable bonds is 0. The Hall–Kier alpha value is -0.460. The summed E-state index contributed by atoms with van der Waals surface area (Å²) in [6.07, 6.45) is 10.0. The number of hydrogen-bond donors (Lipinski definition) is 1. The SMILES string of the molecule is CC12CCCCC1C=CN2. The Morgan fingerprint density at radius 1 is 1.50 bits per heavy atom. The molecule has 1 N–H and O–H groups in total. The van der Waals surface area contributed by atoms with Gasteiger partial charge in [-0.3, -0.25) is 0 Å². The number of hydrogen-bond acceptors (Lipinski definition) is 1. The van der Waals surface area contributed by atoms with E-state index in [4.69, 9.17) is 0 Å². The van der Waals surface area contributed by atoms with E-state index in [0.29, 0.717) is 5.54 Å². The molecule has 1 aliphatic heterocycles. The predicted molar refractivity (Wildman–Crippen MR) is 42.6 cm³/mol. The summed E-state index contributed by atoms with van der Waals surface area (Å²) >= 11 is 0. The summed E-state index contributed by atoms with van der Waals surface area (Å²) in [4.78, 5) is 0. The normalized spacial score (nSPS) is 44.7. The molecule has 0 spiro atoms. The van der Waals surface area contributed by atoms with Crippen LogP contribution >= 0.6 is 0 Å². The molecule has 0 aromatic rings. The Kier molecular flexibility index (Phi) is 1.26. The third-order valence-corrected chi connectivity index (χ3v) is 3.02. The first-order chi connectivity index (χ1) is 4.81. The fraction of sp³-hybridized carbons (Fsp3) is 0.778. The fourth-order valence-corrected chi connectivity index (χ4v) is 2.20. The lowest BCUT2D eigenvalue weighted by Crippen LogP contribution is -2.43. The van der Waals surface area contributed by atoms with Crippen LogP contribution in [0.15, 0.2) is 12.3 Å². The molecule has 10 heavy (non-hydrogen) atoms. The lowest BCUT2D eigenvalue weighted by molar-refractivity contribution is 0.236. The van der Waals surface area contributed by atoms with Crippen LogP contribution in [0.25, 0.3) is 0 Å². The van der Waals surface area contributed by atoms with Crippen LogP contribution in [0.4, 0.5) is 0 Å². The van der Waals surface area contributed by atoms with Crippen molar-refractivity contribution in [3.63, 3.8) is 0 Å². The highest BCUT2D eigenvalue weighted by molar-refractivity contribution is 5.11. The molecule has 1 aliphatic carbocycles. The van der Waals surface area contributed by atoms with Crippen molar-refractivity contribution in [3.05, 3.63) is 12.3 Å². The Balaban J connectivity index is 2.15. The zero-order valence-electron chi connectivity index (χ0n) is 6.56. The van der Waals surface area contributed by atoms with E-state index in [1.807, 2.05) is 0 Å². The monoisotopic (exact) mass is 137 g/mol. The molecule has 2 aliphatic rings. The van der Waals surface area contributed by atoms with Crippen LogP contribution in [0.5, 0.6) is 0 Å². The van der Waals surface area contributed by atoms with Crippen molar-refractivity contribution in [2.45, 2.75) is 38.1 Å². The van der Waals surface area contributed by atoms with Gasteiger partial charge in [0.15, 0.2) is 0 Å². The molecule has 0 aromatic carbocycles. The van der Waals surface area contributed by atoms with Crippen LogP contribution in [0, 0.1) is 5.92 Å². The van der Waals surface area contributed by atoms with Crippen LogP contribution < -0.4 is 5.32 Å². The summed E-state index contributed by atoms with van der Waals surface area (Å²) in [5.41, 5.74) is 0.429. The molecule has 0 aromatic heterocycles. The van der Waals surface area contributed by atoms with Crippen molar-refractivity contribution >= 4 is 0 Å². The lowest BCUT2D eigenvalue weighted by atomic mass is 9.76. The molecular formula is C9H15N. The second kappa shape index (κ2) is 2.01. The van der Waals surface area contributed by atoms with Crippen LogP contribution in [0.1, 0.15) is 32.6 Å². The number of fused-ring (bicyclic) bond motifs is 1. The molecule has 0 amide bonds. The smallest absolute Gasteiger partial charge is 0.0403 e. The van der Waals surface area contributed by atoms with Crippen molar-refractivity contribution in [3.8, 4) is 0 Å². The molecule has 0 bridgehead atoms. The van der Waals surface area contributed by atoms with E-state index in [-0.39, 0.29) is 0 Å². The summed E-state index contributed by atoms with van der Waals surface area (Å²) in [7, 11) is 0. The van der Waals surface area contributed by atoms with Gasteiger partial charge >= 0.3 is 0 Å². The van der Waals surface area contributed by atoms with E-state index < -0.39 is 0 Å². The molecule has 0 saturated heterocycles. The molecule has 1 saturated carbocycles. The Bertz CT molecular complexity index is 162. The Labute approximate surface area is 62.5 Å². The maximum absolute atomic E-state index is 3.45. The van der Waals surface area contributed by atoms with E-state index in [1.165, 1.54) is 25.7 Å². The molecule has 0 radical (unpaired) electrons.